The van der Waals surface area contributed by atoms with E-state index < -0.39 is 24.3 Å². The van der Waals surface area contributed by atoms with E-state index in [-0.39, 0.29) is 50.6 Å². The molecule has 120 valence electrons. The van der Waals surface area contributed by atoms with Crippen LogP contribution in [0, 0.1) is 0 Å². The summed E-state index contributed by atoms with van der Waals surface area (Å²) in [6.07, 6.45) is 1.61. The van der Waals surface area contributed by atoms with Crippen LogP contribution in [0.15, 0.2) is 0 Å². The molecule has 0 saturated heterocycles. The number of carbonyl (C=O) groups excluding carboxylic acids is 2. The molecule has 0 aliphatic carbocycles. The number of halogens is 2. The van der Waals surface area contributed by atoms with Crippen LogP contribution in [-0.2, 0) is 9.59 Å². The Hall–Kier alpha value is 0.0597. The molecule has 0 fully saturated rings. The smallest absolute Gasteiger partial charge is 0.547 e. The van der Waals surface area contributed by atoms with Gasteiger partial charge in [0.15, 0.2) is 0 Å². The van der Waals surface area contributed by atoms with Crippen LogP contribution in [0.1, 0.15) is 65.2 Å². The van der Waals surface area contributed by atoms with Crippen molar-refractivity contribution >= 4 is 49.7 Å². The number of alkyl halides is 2. The number of rotatable bonds is 10. The molecule has 0 amide bonds. The van der Waals surface area contributed by atoms with Crippen molar-refractivity contribution < 1.29 is 28.6 Å². The Morgan fingerprint density at radius 3 is 1.29 bits per heavy atom. The van der Waals surface area contributed by atoms with Gasteiger partial charge in [-0.05, 0) is 12.8 Å². The van der Waals surface area contributed by atoms with E-state index in [4.69, 9.17) is 0 Å². The van der Waals surface area contributed by atoms with Gasteiger partial charge in [-0.2, -0.15) is 0 Å². The Balaban J connectivity index is -0.000000295. The Bertz CT molecular complexity index is 239. The molecule has 0 aliphatic rings. The van der Waals surface area contributed by atoms with Crippen molar-refractivity contribution in [3.63, 3.8) is 0 Å². The van der Waals surface area contributed by atoms with Crippen molar-refractivity contribution in [3.8, 4) is 0 Å². The SMILES string of the molecule is CCCCCC(F)C(=O)[O-].CCCCCC(F)C(=O)[O-].[Ca+2]. The molecule has 7 heteroatoms. The number of unbranched alkanes of at least 4 members (excludes halogenated alkanes) is 4. The normalized spacial score (nSPS) is 12.4. The van der Waals surface area contributed by atoms with Crippen LogP contribution in [0.3, 0.4) is 0 Å². The van der Waals surface area contributed by atoms with Crippen molar-refractivity contribution in [2.24, 2.45) is 0 Å². The number of hydrogen-bond donors (Lipinski definition) is 0. The van der Waals surface area contributed by atoms with Gasteiger partial charge >= 0.3 is 37.7 Å². The summed E-state index contributed by atoms with van der Waals surface area (Å²) >= 11 is 0. The van der Waals surface area contributed by atoms with E-state index in [1.807, 2.05) is 13.8 Å². The van der Waals surface area contributed by atoms with Gasteiger partial charge in [-0.25, -0.2) is 8.78 Å². The topological polar surface area (TPSA) is 80.3 Å². The van der Waals surface area contributed by atoms with Gasteiger partial charge in [0.1, 0.15) is 12.3 Å². The summed E-state index contributed by atoms with van der Waals surface area (Å²) in [4.78, 5) is 19.6. The van der Waals surface area contributed by atoms with Gasteiger partial charge in [0.25, 0.3) is 0 Å². The molecular weight excluding hydrogens is 310 g/mol. The summed E-state index contributed by atoms with van der Waals surface area (Å²) in [5, 5.41) is 19.6. The van der Waals surface area contributed by atoms with Gasteiger partial charge in [0.2, 0.25) is 0 Å². The third-order valence-corrected chi connectivity index (χ3v) is 2.63. The second kappa shape index (κ2) is 18.1. The quantitative estimate of drug-likeness (QED) is 0.440. The van der Waals surface area contributed by atoms with Crippen molar-refractivity contribution in [1.29, 1.82) is 0 Å². The second-order valence-corrected chi connectivity index (χ2v) is 4.56. The van der Waals surface area contributed by atoms with Crippen LogP contribution in [0.5, 0.6) is 0 Å². The molecule has 0 aromatic carbocycles. The molecule has 0 heterocycles. The van der Waals surface area contributed by atoms with Crippen LogP contribution < -0.4 is 10.2 Å². The number of aliphatic carboxylic acids is 2. The molecule has 0 aromatic heterocycles. The molecule has 0 rings (SSSR count). The van der Waals surface area contributed by atoms with Gasteiger partial charge in [0.05, 0.1) is 11.9 Å². The number of hydrogen-bond acceptors (Lipinski definition) is 4. The minimum atomic E-state index is -1.77. The third-order valence-electron chi connectivity index (χ3n) is 2.63. The molecular formula is C14H24CaF2O4. The predicted molar refractivity (Wildman–Crippen MR) is 73.8 cm³/mol. The fourth-order valence-corrected chi connectivity index (χ4v) is 1.38. The van der Waals surface area contributed by atoms with Crippen molar-refractivity contribution in [2.45, 2.75) is 77.6 Å². The fourth-order valence-electron chi connectivity index (χ4n) is 1.38. The zero-order valence-corrected chi connectivity index (χ0v) is 15.1. The number of carbonyl (C=O) groups is 2. The summed E-state index contributed by atoms with van der Waals surface area (Å²) in [7, 11) is 0. The summed E-state index contributed by atoms with van der Waals surface area (Å²) in [6, 6.07) is 0. The average molecular weight is 334 g/mol. The van der Waals surface area contributed by atoms with Crippen LogP contribution in [-0.4, -0.2) is 62.0 Å². The summed E-state index contributed by atoms with van der Waals surface area (Å²) in [6.45, 7) is 3.96. The van der Waals surface area contributed by atoms with Gasteiger partial charge in [-0.3, -0.25) is 0 Å². The van der Waals surface area contributed by atoms with Gasteiger partial charge in [0, 0.05) is 0 Å². The van der Waals surface area contributed by atoms with E-state index in [0.29, 0.717) is 12.8 Å². The van der Waals surface area contributed by atoms with Crippen LogP contribution in [0.4, 0.5) is 8.78 Å². The number of carboxylic acid groups (broad SMARTS) is 2. The third kappa shape index (κ3) is 20.1. The monoisotopic (exact) mass is 334 g/mol. The second-order valence-electron chi connectivity index (χ2n) is 4.56. The fraction of sp³-hybridized carbons (Fsp3) is 0.857. The van der Waals surface area contributed by atoms with E-state index in [2.05, 4.69) is 0 Å². The molecule has 2 unspecified atom stereocenters. The molecule has 21 heavy (non-hydrogen) atoms. The maximum absolute atomic E-state index is 12.2. The molecule has 0 spiro atoms. The zero-order chi connectivity index (χ0) is 16.0. The van der Waals surface area contributed by atoms with Crippen LogP contribution in [0.2, 0.25) is 0 Å². The zero-order valence-electron chi connectivity index (χ0n) is 12.9. The first-order valence-electron chi connectivity index (χ1n) is 7.06. The van der Waals surface area contributed by atoms with E-state index in [1.165, 1.54) is 0 Å². The standard InChI is InChI=1S/2C7H13FO2.Ca/c2*1-2-3-4-5-6(8)7(9)10;/h2*6H,2-5H2,1H3,(H,9,10);/q;;+2/p-2. The first-order valence-corrected chi connectivity index (χ1v) is 7.06. The Morgan fingerprint density at radius 2 is 1.10 bits per heavy atom. The molecule has 0 aliphatic heterocycles. The predicted octanol–water partition coefficient (Wildman–Crippen LogP) is 0.929. The first kappa shape index (κ1) is 26.0. The minimum Gasteiger partial charge on any atom is -0.547 e. The molecule has 0 radical (unpaired) electrons. The maximum Gasteiger partial charge on any atom is 2.00 e. The van der Waals surface area contributed by atoms with Crippen LogP contribution >= 0.6 is 0 Å². The van der Waals surface area contributed by atoms with Gasteiger partial charge in [-0.15, -0.1) is 0 Å². The number of carboxylic acids is 2. The largest absolute Gasteiger partial charge is 2.00 e. The molecule has 0 bridgehead atoms. The summed E-state index contributed by atoms with van der Waals surface area (Å²) < 4.78 is 24.4. The van der Waals surface area contributed by atoms with E-state index in [0.717, 1.165) is 25.7 Å². The Morgan fingerprint density at radius 1 is 0.810 bits per heavy atom. The summed E-state index contributed by atoms with van der Waals surface area (Å²) in [5.74, 6) is -3.17. The molecule has 0 aromatic rings. The van der Waals surface area contributed by atoms with Crippen LogP contribution in [0.25, 0.3) is 0 Å². The average Bonchev–Trinajstić information content (AvgIpc) is 2.39. The van der Waals surface area contributed by atoms with Crippen molar-refractivity contribution in [2.75, 3.05) is 0 Å². The molecule has 4 nitrogen and oxygen atoms in total. The first-order chi connectivity index (χ1) is 9.36. The van der Waals surface area contributed by atoms with Gasteiger partial charge < -0.3 is 19.8 Å². The molecule has 0 N–H and O–H groups in total. The van der Waals surface area contributed by atoms with E-state index in [1.54, 1.807) is 0 Å². The van der Waals surface area contributed by atoms with Crippen molar-refractivity contribution in [3.05, 3.63) is 0 Å². The van der Waals surface area contributed by atoms with Gasteiger partial charge in [-0.1, -0.05) is 52.4 Å². The minimum absolute atomic E-state index is 0. The Kier molecular flexibility index (Phi) is 22.4. The van der Waals surface area contributed by atoms with Crippen molar-refractivity contribution in [1.82, 2.24) is 0 Å². The summed E-state index contributed by atoms with van der Waals surface area (Å²) in [5.41, 5.74) is 0. The van der Waals surface area contributed by atoms with E-state index in [9.17, 15) is 28.6 Å². The van der Waals surface area contributed by atoms with E-state index >= 15 is 0 Å². The molecule has 2 atom stereocenters. The Labute approximate surface area is 155 Å². The maximum atomic E-state index is 12.2. The molecule has 0 saturated carbocycles.